The summed E-state index contributed by atoms with van der Waals surface area (Å²) in [5, 5.41) is 12.8. The van der Waals surface area contributed by atoms with E-state index in [9.17, 15) is 13.5 Å². The van der Waals surface area contributed by atoms with Gasteiger partial charge in [0.05, 0.1) is 22.2 Å². The minimum atomic E-state index is -3.88. The molecule has 0 saturated carbocycles. The SMILES string of the molecule is CN([C@H]1CNC[C@@H]1O)S(=O)(=O)c1c(Cl)cc(Br)cc1Cl. The predicted molar refractivity (Wildman–Crippen MR) is 81.8 cm³/mol. The molecule has 5 nitrogen and oxygen atoms in total. The van der Waals surface area contributed by atoms with E-state index >= 15 is 0 Å². The van der Waals surface area contributed by atoms with Crippen LogP contribution in [0.3, 0.4) is 0 Å². The highest BCUT2D eigenvalue weighted by Gasteiger charge is 2.37. The summed E-state index contributed by atoms with van der Waals surface area (Å²) in [6, 6.07) is 2.39. The zero-order chi connectivity index (χ0) is 15.1. The highest BCUT2D eigenvalue weighted by Crippen LogP contribution is 2.35. The lowest BCUT2D eigenvalue weighted by atomic mass is 10.2. The summed E-state index contributed by atoms with van der Waals surface area (Å²) in [5.74, 6) is 0. The van der Waals surface area contributed by atoms with Crippen LogP contribution in [0.2, 0.25) is 10.0 Å². The van der Waals surface area contributed by atoms with Crippen LogP contribution in [0.15, 0.2) is 21.5 Å². The first-order valence-electron chi connectivity index (χ1n) is 5.76. The molecule has 112 valence electrons. The van der Waals surface area contributed by atoms with Crippen molar-refractivity contribution in [3.8, 4) is 0 Å². The van der Waals surface area contributed by atoms with E-state index in [0.717, 1.165) is 4.31 Å². The highest BCUT2D eigenvalue weighted by molar-refractivity contribution is 9.10. The van der Waals surface area contributed by atoms with Crippen molar-refractivity contribution in [2.45, 2.75) is 17.0 Å². The molecule has 1 aromatic rings. The van der Waals surface area contributed by atoms with Crippen molar-refractivity contribution in [3.63, 3.8) is 0 Å². The van der Waals surface area contributed by atoms with Crippen molar-refractivity contribution in [3.05, 3.63) is 26.7 Å². The first kappa shape index (κ1) is 16.5. The van der Waals surface area contributed by atoms with Gasteiger partial charge in [-0.05, 0) is 12.1 Å². The molecule has 0 unspecified atom stereocenters. The maximum Gasteiger partial charge on any atom is 0.246 e. The Labute approximate surface area is 136 Å². The van der Waals surface area contributed by atoms with Crippen LogP contribution in [0.4, 0.5) is 0 Å². The second-order valence-electron chi connectivity index (χ2n) is 4.51. The quantitative estimate of drug-likeness (QED) is 0.805. The van der Waals surface area contributed by atoms with Gasteiger partial charge in [-0.15, -0.1) is 0 Å². The lowest BCUT2D eigenvalue weighted by Crippen LogP contribution is -2.44. The predicted octanol–water partition coefficient (Wildman–Crippen LogP) is 1.71. The number of aliphatic hydroxyl groups is 1. The van der Waals surface area contributed by atoms with Crippen LogP contribution in [0.5, 0.6) is 0 Å². The number of aliphatic hydroxyl groups excluding tert-OH is 1. The third-order valence-corrected chi connectivity index (χ3v) is 6.48. The molecule has 0 aliphatic carbocycles. The molecule has 1 saturated heterocycles. The van der Waals surface area contributed by atoms with Gasteiger partial charge in [0.15, 0.2) is 0 Å². The van der Waals surface area contributed by atoms with Crippen LogP contribution in [-0.2, 0) is 10.0 Å². The van der Waals surface area contributed by atoms with Gasteiger partial charge in [0.2, 0.25) is 10.0 Å². The highest BCUT2D eigenvalue weighted by atomic mass is 79.9. The Morgan fingerprint density at radius 2 is 1.90 bits per heavy atom. The number of halogens is 3. The van der Waals surface area contributed by atoms with E-state index in [-0.39, 0.29) is 14.9 Å². The summed E-state index contributed by atoms with van der Waals surface area (Å²) in [6.07, 6.45) is -0.761. The third kappa shape index (κ3) is 2.99. The summed E-state index contributed by atoms with van der Waals surface area (Å²) >= 11 is 15.2. The molecule has 2 rings (SSSR count). The second-order valence-corrected chi connectivity index (χ2v) is 8.18. The average Bonchev–Trinajstić information content (AvgIpc) is 2.72. The van der Waals surface area contributed by atoms with Gasteiger partial charge in [0.25, 0.3) is 0 Å². The van der Waals surface area contributed by atoms with Gasteiger partial charge in [-0.25, -0.2) is 8.42 Å². The van der Waals surface area contributed by atoms with E-state index in [1.165, 1.54) is 19.2 Å². The van der Waals surface area contributed by atoms with Crippen molar-refractivity contribution < 1.29 is 13.5 Å². The summed E-state index contributed by atoms with van der Waals surface area (Å²) in [4.78, 5) is -0.148. The normalized spacial score (nSPS) is 23.5. The van der Waals surface area contributed by atoms with E-state index < -0.39 is 22.2 Å². The van der Waals surface area contributed by atoms with E-state index in [4.69, 9.17) is 23.2 Å². The van der Waals surface area contributed by atoms with Gasteiger partial charge >= 0.3 is 0 Å². The van der Waals surface area contributed by atoms with Crippen LogP contribution in [0.1, 0.15) is 0 Å². The molecule has 0 amide bonds. The monoisotopic (exact) mass is 402 g/mol. The first-order valence-corrected chi connectivity index (χ1v) is 8.75. The molecule has 1 fully saturated rings. The third-order valence-electron chi connectivity index (χ3n) is 3.22. The first-order chi connectivity index (χ1) is 9.25. The molecule has 0 radical (unpaired) electrons. The Balaban J connectivity index is 2.45. The molecule has 20 heavy (non-hydrogen) atoms. The van der Waals surface area contributed by atoms with Crippen LogP contribution in [-0.4, -0.2) is 50.1 Å². The van der Waals surface area contributed by atoms with Crippen LogP contribution in [0, 0.1) is 0 Å². The number of nitrogens with zero attached hydrogens (tertiary/aromatic N) is 1. The Morgan fingerprint density at radius 3 is 2.35 bits per heavy atom. The molecule has 9 heteroatoms. The van der Waals surface area contributed by atoms with Gasteiger partial charge in [-0.1, -0.05) is 39.1 Å². The molecule has 0 aromatic heterocycles. The van der Waals surface area contributed by atoms with Crippen molar-refractivity contribution in [2.75, 3.05) is 20.1 Å². The number of hydrogen-bond acceptors (Lipinski definition) is 4. The van der Waals surface area contributed by atoms with Crippen molar-refractivity contribution in [1.82, 2.24) is 9.62 Å². The van der Waals surface area contributed by atoms with Gasteiger partial charge in [0, 0.05) is 24.6 Å². The number of nitrogens with one attached hydrogen (secondary N) is 1. The van der Waals surface area contributed by atoms with Gasteiger partial charge in [0.1, 0.15) is 4.90 Å². The van der Waals surface area contributed by atoms with Crippen LogP contribution in [0.25, 0.3) is 0 Å². The smallest absolute Gasteiger partial charge is 0.246 e. The standard InChI is InChI=1S/C11H13BrCl2N2O3S/c1-16(9-4-15-5-10(9)17)20(18,19)11-7(13)2-6(12)3-8(11)14/h2-3,9-10,15,17H,4-5H2,1H3/t9-,10-/m0/s1. The summed E-state index contributed by atoms with van der Waals surface area (Å²) in [6.45, 7) is 0.731. The molecule has 2 N–H and O–H groups in total. The van der Waals surface area contributed by atoms with Gasteiger partial charge in [-0.3, -0.25) is 0 Å². The van der Waals surface area contributed by atoms with Gasteiger partial charge < -0.3 is 10.4 Å². The maximum atomic E-state index is 12.6. The number of likely N-dealkylation sites (N-methyl/N-ethyl adjacent to an activating group) is 1. The lowest BCUT2D eigenvalue weighted by molar-refractivity contribution is 0.136. The summed E-state index contributed by atoms with van der Waals surface area (Å²) < 4.78 is 26.9. The fourth-order valence-corrected chi connectivity index (χ4v) is 5.38. The number of sulfonamides is 1. The molecule has 1 aliphatic heterocycles. The molecule has 1 aromatic carbocycles. The number of hydrogen-bond donors (Lipinski definition) is 2. The Bertz CT molecular complexity index is 603. The zero-order valence-electron chi connectivity index (χ0n) is 10.5. The number of benzene rings is 1. The van der Waals surface area contributed by atoms with Crippen LogP contribution < -0.4 is 5.32 Å². The fraction of sp³-hybridized carbons (Fsp3) is 0.455. The second kappa shape index (κ2) is 6.08. The van der Waals surface area contributed by atoms with E-state index in [0.29, 0.717) is 17.6 Å². The largest absolute Gasteiger partial charge is 0.390 e. The summed E-state index contributed by atoms with van der Waals surface area (Å²) in [7, 11) is -2.48. The molecule has 1 heterocycles. The Kier molecular flexibility index (Phi) is 5.01. The molecule has 0 spiro atoms. The van der Waals surface area contributed by atoms with Gasteiger partial charge in [-0.2, -0.15) is 4.31 Å². The van der Waals surface area contributed by atoms with Crippen LogP contribution >= 0.6 is 39.1 Å². The topological polar surface area (TPSA) is 69.6 Å². The Hall–Kier alpha value is 0.110. The molecule has 1 aliphatic rings. The maximum absolute atomic E-state index is 12.6. The number of rotatable bonds is 3. The zero-order valence-corrected chi connectivity index (χ0v) is 14.4. The van der Waals surface area contributed by atoms with E-state index in [1.807, 2.05) is 0 Å². The van der Waals surface area contributed by atoms with Crippen molar-refractivity contribution in [2.24, 2.45) is 0 Å². The fourth-order valence-electron chi connectivity index (χ4n) is 2.12. The Morgan fingerprint density at radius 1 is 1.35 bits per heavy atom. The summed E-state index contributed by atoms with van der Waals surface area (Å²) in [5.41, 5.74) is 0. The minimum absolute atomic E-state index is 0.0386. The average molecular weight is 404 g/mol. The van der Waals surface area contributed by atoms with E-state index in [1.54, 1.807) is 0 Å². The molecular formula is C11H13BrCl2N2O3S. The number of β-amino-alcohol motifs (C(OH)–C–C–N with tert-alkyl or cyclic N) is 1. The van der Waals surface area contributed by atoms with Crippen molar-refractivity contribution >= 4 is 49.2 Å². The van der Waals surface area contributed by atoms with Crippen molar-refractivity contribution in [1.29, 1.82) is 0 Å². The minimum Gasteiger partial charge on any atom is -0.390 e. The molecule has 0 bridgehead atoms. The lowest BCUT2D eigenvalue weighted by Gasteiger charge is -2.26. The molecular weight excluding hydrogens is 391 g/mol. The van der Waals surface area contributed by atoms with E-state index in [2.05, 4.69) is 21.2 Å². The molecule has 2 atom stereocenters.